The average Bonchev–Trinajstić information content (AvgIpc) is 3.34. The molecule has 0 aliphatic carbocycles. The Labute approximate surface area is 217 Å². The third-order valence-electron chi connectivity index (χ3n) is 6.04. The number of benzene rings is 3. The number of halogens is 1. The number of carbonyl (C=O) groups excluding carboxylic acids is 1. The highest BCUT2D eigenvalue weighted by Gasteiger charge is 2.20. The van der Waals surface area contributed by atoms with Crippen molar-refractivity contribution in [2.24, 2.45) is 0 Å². The van der Waals surface area contributed by atoms with Crippen LogP contribution in [0.15, 0.2) is 91.0 Å². The van der Waals surface area contributed by atoms with Gasteiger partial charge < -0.3 is 18.8 Å². The van der Waals surface area contributed by atoms with Gasteiger partial charge in [-0.25, -0.2) is 9.18 Å². The summed E-state index contributed by atoms with van der Waals surface area (Å²) in [5.41, 5.74) is 5.08. The molecule has 192 valence electrons. The van der Waals surface area contributed by atoms with Crippen LogP contribution in [0, 0.1) is 5.82 Å². The van der Waals surface area contributed by atoms with Crippen LogP contribution in [0.1, 0.15) is 19.4 Å². The predicted molar refractivity (Wildman–Crippen MR) is 143 cm³/mol. The van der Waals surface area contributed by atoms with E-state index in [1.165, 1.54) is 12.1 Å². The first-order valence-electron chi connectivity index (χ1n) is 12.6. The minimum Gasteiger partial charge on any atom is -0.492 e. The quantitative estimate of drug-likeness (QED) is 0.207. The first-order chi connectivity index (χ1) is 18.1. The molecular weight excluding hydrogens is 469 g/mol. The summed E-state index contributed by atoms with van der Waals surface area (Å²) in [5, 5.41) is 0. The Bertz CT molecular complexity index is 1270. The van der Waals surface area contributed by atoms with E-state index in [0.29, 0.717) is 32.8 Å². The van der Waals surface area contributed by atoms with Gasteiger partial charge in [-0.1, -0.05) is 42.5 Å². The first kappa shape index (κ1) is 26.2. The smallest absolute Gasteiger partial charge is 0.335 e. The fourth-order valence-electron chi connectivity index (χ4n) is 4.28. The van der Waals surface area contributed by atoms with Crippen LogP contribution in [0.3, 0.4) is 0 Å². The molecule has 0 aliphatic rings. The lowest BCUT2D eigenvalue weighted by Crippen LogP contribution is -2.28. The molecule has 0 amide bonds. The summed E-state index contributed by atoms with van der Waals surface area (Å²) in [5.74, 6) is 0.138. The summed E-state index contributed by atoms with van der Waals surface area (Å²) in [7, 11) is 0. The van der Waals surface area contributed by atoms with Crippen molar-refractivity contribution < 1.29 is 23.4 Å². The van der Waals surface area contributed by atoms with E-state index in [0.717, 1.165) is 33.8 Å². The second kappa shape index (κ2) is 12.9. The maximum Gasteiger partial charge on any atom is 0.335 e. The van der Waals surface area contributed by atoms with Crippen molar-refractivity contribution in [2.75, 3.05) is 19.8 Å². The molecule has 37 heavy (non-hydrogen) atoms. The zero-order valence-corrected chi connectivity index (χ0v) is 21.2. The van der Waals surface area contributed by atoms with Crippen molar-refractivity contribution in [3.8, 4) is 28.3 Å². The van der Waals surface area contributed by atoms with Crippen molar-refractivity contribution >= 4 is 5.97 Å². The number of rotatable bonds is 12. The van der Waals surface area contributed by atoms with Crippen molar-refractivity contribution in [1.29, 1.82) is 0 Å². The van der Waals surface area contributed by atoms with Crippen molar-refractivity contribution in [1.82, 2.24) is 4.57 Å². The monoisotopic (exact) mass is 501 g/mol. The van der Waals surface area contributed by atoms with E-state index in [-0.39, 0.29) is 11.8 Å². The molecule has 5 nitrogen and oxygen atoms in total. The molecule has 1 unspecified atom stereocenters. The van der Waals surface area contributed by atoms with Gasteiger partial charge in [0.25, 0.3) is 0 Å². The van der Waals surface area contributed by atoms with Gasteiger partial charge in [-0.15, -0.1) is 0 Å². The molecule has 4 aromatic rings. The molecule has 6 heteroatoms. The Morgan fingerprint density at radius 2 is 1.46 bits per heavy atom. The molecular formula is C31H32FNO4. The molecule has 0 N–H and O–H groups in total. The Morgan fingerprint density at radius 3 is 2.08 bits per heavy atom. The summed E-state index contributed by atoms with van der Waals surface area (Å²) in [4.78, 5) is 12.1. The second-order valence-electron chi connectivity index (χ2n) is 8.52. The minimum absolute atomic E-state index is 0.258. The Morgan fingerprint density at radius 1 is 0.811 bits per heavy atom. The highest BCUT2D eigenvalue weighted by Crippen LogP contribution is 2.29. The first-order valence-corrected chi connectivity index (χ1v) is 12.6. The van der Waals surface area contributed by atoms with Crippen LogP contribution in [-0.2, 0) is 27.2 Å². The Kier molecular flexibility index (Phi) is 9.11. The van der Waals surface area contributed by atoms with Gasteiger partial charge in [0.05, 0.1) is 13.2 Å². The number of aromatic nitrogens is 1. The zero-order valence-electron chi connectivity index (χ0n) is 21.2. The van der Waals surface area contributed by atoms with Gasteiger partial charge >= 0.3 is 5.97 Å². The molecule has 0 aliphatic heterocycles. The highest BCUT2D eigenvalue weighted by molar-refractivity contribution is 5.75. The zero-order chi connectivity index (χ0) is 26.0. The number of hydrogen-bond donors (Lipinski definition) is 0. The summed E-state index contributed by atoms with van der Waals surface area (Å²) in [6.45, 7) is 5.47. The fraction of sp³-hybridized carbons (Fsp3) is 0.258. The largest absolute Gasteiger partial charge is 0.492 e. The third kappa shape index (κ3) is 6.86. The molecule has 1 atom stereocenters. The molecule has 0 saturated carbocycles. The van der Waals surface area contributed by atoms with Gasteiger partial charge in [0.2, 0.25) is 0 Å². The second-order valence-corrected chi connectivity index (χ2v) is 8.52. The van der Waals surface area contributed by atoms with Crippen molar-refractivity contribution in [2.45, 2.75) is 32.9 Å². The van der Waals surface area contributed by atoms with E-state index in [1.807, 2.05) is 49.4 Å². The molecule has 4 rings (SSSR count). The third-order valence-corrected chi connectivity index (χ3v) is 6.04. The Hall–Kier alpha value is -3.90. The summed E-state index contributed by atoms with van der Waals surface area (Å²) < 4.78 is 32.5. The topological polar surface area (TPSA) is 49.7 Å². The van der Waals surface area contributed by atoms with E-state index in [9.17, 15) is 9.18 Å². The maximum absolute atomic E-state index is 13.5. The molecule has 0 bridgehead atoms. The van der Waals surface area contributed by atoms with Gasteiger partial charge in [0.15, 0.2) is 6.10 Å². The van der Waals surface area contributed by atoms with Crippen LogP contribution in [-0.4, -0.2) is 36.5 Å². The molecule has 1 aromatic heterocycles. The molecule has 0 fully saturated rings. The van der Waals surface area contributed by atoms with Gasteiger partial charge in [-0.3, -0.25) is 0 Å². The summed E-state index contributed by atoms with van der Waals surface area (Å²) in [6, 6.07) is 28.5. The molecule has 0 saturated heterocycles. The van der Waals surface area contributed by atoms with E-state index < -0.39 is 6.10 Å². The summed E-state index contributed by atoms with van der Waals surface area (Å²) in [6.07, 6.45) is -0.177. The van der Waals surface area contributed by atoms with Crippen molar-refractivity contribution in [3.05, 3.63) is 102 Å². The predicted octanol–water partition coefficient (Wildman–Crippen LogP) is 6.55. The highest BCUT2D eigenvalue weighted by atomic mass is 19.1. The molecule has 1 heterocycles. The van der Waals surface area contributed by atoms with Crippen LogP contribution in [0.2, 0.25) is 0 Å². The van der Waals surface area contributed by atoms with Crippen molar-refractivity contribution in [3.63, 3.8) is 0 Å². The van der Waals surface area contributed by atoms with E-state index in [2.05, 4.69) is 28.8 Å². The maximum atomic E-state index is 13.5. The van der Waals surface area contributed by atoms with Gasteiger partial charge in [-0.2, -0.15) is 0 Å². The number of esters is 1. The number of carbonyl (C=O) groups is 1. The lowest BCUT2D eigenvalue weighted by Gasteiger charge is -2.16. The van der Waals surface area contributed by atoms with E-state index in [1.54, 1.807) is 19.1 Å². The SMILES string of the molecule is CCOC(=O)C(Cc1ccc(OCCn2c(-c3ccccc3)ccc2-c2ccc(F)cc2)cc1)OCC. The lowest BCUT2D eigenvalue weighted by atomic mass is 10.1. The average molecular weight is 502 g/mol. The van der Waals surface area contributed by atoms with Crippen LogP contribution in [0.5, 0.6) is 5.75 Å². The number of ether oxygens (including phenoxy) is 3. The number of nitrogens with zero attached hydrogens (tertiary/aromatic N) is 1. The van der Waals surface area contributed by atoms with Gasteiger partial charge in [0, 0.05) is 24.4 Å². The minimum atomic E-state index is -0.619. The summed E-state index contributed by atoms with van der Waals surface area (Å²) >= 11 is 0. The van der Waals surface area contributed by atoms with E-state index >= 15 is 0 Å². The number of hydrogen-bond acceptors (Lipinski definition) is 4. The normalized spacial score (nSPS) is 11.8. The fourth-order valence-corrected chi connectivity index (χ4v) is 4.28. The van der Waals surface area contributed by atoms with Crippen LogP contribution >= 0.6 is 0 Å². The van der Waals surface area contributed by atoms with Crippen LogP contribution < -0.4 is 4.74 Å². The van der Waals surface area contributed by atoms with Crippen LogP contribution in [0.25, 0.3) is 22.5 Å². The van der Waals surface area contributed by atoms with Crippen LogP contribution in [0.4, 0.5) is 4.39 Å². The lowest BCUT2D eigenvalue weighted by molar-refractivity contribution is -0.156. The van der Waals surface area contributed by atoms with Gasteiger partial charge in [0.1, 0.15) is 18.2 Å². The van der Waals surface area contributed by atoms with Gasteiger partial charge in [-0.05, 0) is 79.1 Å². The standard InChI is InChI=1S/C31H32FNO4/c1-3-35-30(31(34)36-4-2)22-23-10-16-27(17-11-23)37-21-20-33-28(24-8-6-5-7-9-24)18-19-29(33)25-12-14-26(32)15-13-25/h5-19,30H,3-4,20-22H2,1-2H3. The Balaban J connectivity index is 1.45. The molecule has 0 spiro atoms. The molecule has 0 radical (unpaired) electrons. The molecule has 3 aromatic carbocycles. The van der Waals surface area contributed by atoms with E-state index in [4.69, 9.17) is 14.2 Å².